The van der Waals surface area contributed by atoms with Gasteiger partial charge in [0.2, 0.25) is 0 Å². The predicted molar refractivity (Wildman–Crippen MR) is 79.7 cm³/mol. The van der Waals surface area contributed by atoms with Gasteiger partial charge in [0, 0.05) is 32.7 Å². The van der Waals surface area contributed by atoms with Crippen LogP contribution in [0.5, 0.6) is 0 Å². The molecule has 0 aliphatic carbocycles. The molecule has 1 aromatic rings. The number of hydrogen-bond acceptors (Lipinski definition) is 5. The maximum Gasteiger partial charge on any atom is 0.148 e. The van der Waals surface area contributed by atoms with E-state index in [2.05, 4.69) is 35.7 Å². The third-order valence-electron chi connectivity index (χ3n) is 3.01. The zero-order valence-electron chi connectivity index (χ0n) is 11.1. The van der Waals surface area contributed by atoms with Crippen LogP contribution in [0.25, 0.3) is 0 Å². The summed E-state index contributed by atoms with van der Waals surface area (Å²) in [4.78, 5) is 12.6. The lowest BCUT2D eigenvalue weighted by molar-refractivity contribution is 0.0344. The van der Waals surface area contributed by atoms with Crippen molar-refractivity contribution < 1.29 is 5.11 Å². The monoisotopic (exact) mass is 348 g/mol. The number of β-amino-alcohol motifs (C(OH)–C–C–N with tert-alkyl or cyclic N) is 1. The van der Waals surface area contributed by atoms with Crippen LogP contribution in [0.15, 0.2) is 10.8 Å². The van der Waals surface area contributed by atoms with E-state index in [-0.39, 0.29) is 0 Å². The first-order chi connectivity index (χ1) is 8.87. The van der Waals surface area contributed by atoms with Crippen LogP contribution in [0.3, 0.4) is 0 Å². The summed E-state index contributed by atoms with van der Waals surface area (Å²) < 4.78 is 0.743. The SMILES string of the molecule is CC(C)(O)CN1CCN(c2ncnc(Cl)c2Br)CC1. The topological polar surface area (TPSA) is 52.5 Å². The highest BCUT2D eigenvalue weighted by Crippen LogP contribution is 2.29. The summed E-state index contributed by atoms with van der Waals surface area (Å²) in [6, 6.07) is 0. The van der Waals surface area contributed by atoms with Gasteiger partial charge in [-0.25, -0.2) is 9.97 Å². The zero-order valence-corrected chi connectivity index (χ0v) is 13.4. The average Bonchev–Trinajstić information content (AvgIpc) is 2.32. The Labute approximate surface area is 126 Å². The van der Waals surface area contributed by atoms with Crippen LogP contribution in [0.1, 0.15) is 13.8 Å². The second-order valence-corrected chi connectivity index (χ2v) is 6.53. The standard InChI is InChI=1S/C12H18BrClN4O/c1-12(2,19)7-17-3-5-18(6-4-17)11-9(13)10(14)15-8-16-11/h8,19H,3-7H2,1-2H3. The Morgan fingerprint density at radius 3 is 2.53 bits per heavy atom. The lowest BCUT2D eigenvalue weighted by Crippen LogP contribution is -2.50. The molecule has 0 amide bonds. The lowest BCUT2D eigenvalue weighted by atomic mass is 10.1. The molecule has 0 spiro atoms. The molecular weight excluding hydrogens is 332 g/mol. The quantitative estimate of drug-likeness (QED) is 0.843. The number of nitrogens with zero attached hydrogens (tertiary/aromatic N) is 4. The van der Waals surface area contributed by atoms with Crippen molar-refractivity contribution in [1.29, 1.82) is 0 Å². The minimum absolute atomic E-state index is 0.434. The van der Waals surface area contributed by atoms with Crippen molar-refractivity contribution in [1.82, 2.24) is 14.9 Å². The first-order valence-corrected chi connectivity index (χ1v) is 7.39. The van der Waals surface area contributed by atoms with Gasteiger partial charge in [-0.05, 0) is 29.8 Å². The molecule has 0 aromatic carbocycles. The fraction of sp³-hybridized carbons (Fsp3) is 0.667. The van der Waals surface area contributed by atoms with Crippen LogP contribution in [0, 0.1) is 0 Å². The minimum atomic E-state index is -0.652. The molecule has 1 aliphatic rings. The molecule has 2 heterocycles. The van der Waals surface area contributed by atoms with Crippen molar-refractivity contribution in [3.8, 4) is 0 Å². The van der Waals surface area contributed by atoms with E-state index >= 15 is 0 Å². The van der Waals surface area contributed by atoms with Gasteiger partial charge in [-0.2, -0.15) is 0 Å². The van der Waals surface area contributed by atoms with Gasteiger partial charge in [0.1, 0.15) is 17.3 Å². The molecule has 0 saturated carbocycles. The fourth-order valence-electron chi connectivity index (χ4n) is 2.23. The van der Waals surface area contributed by atoms with E-state index in [0.29, 0.717) is 11.7 Å². The van der Waals surface area contributed by atoms with E-state index in [1.807, 2.05) is 13.8 Å². The van der Waals surface area contributed by atoms with E-state index in [1.54, 1.807) is 0 Å². The smallest absolute Gasteiger partial charge is 0.148 e. The Morgan fingerprint density at radius 1 is 1.32 bits per heavy atom. The van der Waals surface area contributed by atoms with Crippen molar-refractivity contribution in [3.63, 3.8) is 0 Å². The molecule has 0 radical (unpaired) electrons. The molecule has 7 heteroatoms. The minimum Gasteiger partial charge on any atom is -0.389 e. The molecule has 0 atom stereocenters. The average molecular weight is 350 g/mol. The van der Waals surface area contributed by atoms with Crippen molar-refractivity contribution in [2.24, 2.45) is 0 Å². The number of anilines is 1. The molecule has 0 unspecified atom stereocenters. The van der Waals surface area contributed by atoms with Crippen LogP contribution >= 0.6 is 27.5 Å². The highest BCUT2D eigenvalue weighted by atomic mass is 79.9. The molecule has 0 bridgehead atoms. The summed E-state index contributed by atoms with van der Waals surface area (Å²) in [5, 5.41) is 10.3. The van der Waals surface area contributed by atoms with Crippen molar-refractivity contribution in [3.05, 3.63) is 16.0 Å². The molecule has 106 valence electrons. The maximum atomic E-state index is 9.83. The first-order valence-electron chi connectivity index (χ1n) is 6.22. The number of rotatable bonds is 3. The summed E-state index contributed by atoms with van der Waals surface area (Å²) in [7, 11) is 0. The largest absolute Gasteiger partial charge is 0.389 e. The molecular formula is C12H18BrClN4O. The van der Waals surface area contributed by atoms with Gasteiger partial charge in [-0.3, -0.25) is 4.90 Å². The van der Waals surface area contributed by atoms with Crippen molar-refractivity contribution >= 4 is 33.3 Å². The molecule has 2 rings (SSSR count). The van der Waals surface area contributed by atoms with Gasteiger partial charge in [-0.15, -0.1) is 0 Å². The van der Waals surface area contributed by atoms with Crippen LogP contribution < -0.4 is 4.90 Å². The number of aliphatic hydroxyl groups is 1. The van der Waals surface area contributed by atoms with Crippen molar-refractivity contribution in [2.45, 2.75) is 19.4 Å². The molecule has 1 N–H and O–H groups in total. The second-order valence-electron chi connectivity index (χ2n) is 5.38. The summed E-state index contributed by atoms with van der Waals surface area (Å²) in [5.41, 5.74) is -0.652. The summed E-state index contributed by atoms with van der Waals surface area (Å²) >= 11 is 9.41. The Balaban J connectivity index is 1.98. The van der Waals surface area contributed by atoms with Gasteiger partial charge < -0.3 is 10.0 Å². The fourth-order valence-corrected chi connectivity index (χ4v) is 2.81. The highest BCUT2D eigenvalue weighted by Gasteiger charge is 2.24. The van der Waals surface area contributed by atoms with Crippen LogP contribution in [-0.4, -0.2) is 58.3 Å². The Bertz CT molecular complexity index is 444. The van der Waals surface area contributed by atoms with E-state index < -0.39 is 5.60 Å². The molecule has 1 aromatic heterocycles. The summed E-state index contributed by atoms with van der Waals surface area (Å²) in [5.74, 6) is 0.836. The Morgan fingerprint density at radius 2 is 1.95 bits per heavy atom. The predicted octanol–water partition coefficient (Wildman–Crippen LogP) is 1.79. The van der Waals surface area contributed by atoms with E-state index in [4.69, 9.17) is 11.6 Å². The first kappa shape index (κ1) is 15.0. The third-order valence-corrected chi connectivity index (χ3v) is 4.26. The zero-order chi connectivity index (χ0) is 14.0. The number of aromatic nitrogens is 2. The molecule has 19 heavy (non-hydrogen) atoms. The highest BCUT2D eigenvalue weighted by molar-refractivity contribution is 9.10. The van der Waals surface area contributed by atoms with Crippen LogP contribution in [-0.2, 0) is 0 Å². The molecule has 1 fully saturated rings. The number of piperazine rings is 1. The summed E-state index contributed by atoms with van der Waals surface area (Å²) in [6.45, 7) is 7.88. The van der Waals surface area contributed by atoms with Crippen LogP contribution in [0.2, 0.25) is 5.15 Å². The van der Waals surface area contributed by atoms with Gasteiger partial charge in [0.25, 0.3) is 0 Å². The Hall–Kier alpha value is -0.430. The second kappa shape index (κ2) is 5.91. The van der Waals surface area contributed by atoms with Crippen LogP contribution in [0.4, 0.5) is 5.82 Å². The molecule has 5 nitrogen and oxygen atoms in total. The van der Waals surface area contributed by atoms with E-state index in [9.17, 15) is 5.11 Å². The van der Waals surface area contributed by atoms with Gasteiger partial charge in [-0.1, -0.05) is 11.6 Å². The van der Waals surface area contributed by atoms with Crippen molar-refractivity contribution in [2.75, 3.05) is 37.6 Å². The van der Waals surface area contributed by atoms with Gasteiger partial charge in [0.05, 0.1) is 10.1 Å². The maximum absolute atomic E-state index is 9.83. The lowest BCUT2D eigenvalue weighted by Gasteiger charge is -2.38. The third kappa shape index (κ3) is 4.02. The van der Waals surface area contributed by atoms with E-state index in [1.165, 1.54) is 6.33 Å². The summed E-state index contributed by atoms with van der Waals surface area (Å²) in [6.07, 6.45) is 1.48. The Kier molecular flexibility index (Phi) is 4.66. The number of hydrogen-bond donors (Lipinski definition) is 1. The number of halogens is 2. The molecule has 1 aliphatic heterocycles. The van der Waals surface area contributed by atoms with Gasteiger partial charge >= 0.3 is 0 Å². The normalized spacial score (nSPS) is 17.8. The van der Waals surface area contributed by atoms with E-state index in [0.717, 1.165) is 36.5 Å². The van der Waals surface area contributed by atoms with Gasteiger partial charge in [0.15, 0.2) is 0 Å². The molecule has 1 saturated heterocycles.